The molecule has 29 heavy (non-hydrogen) atoms. The van der Waals surface area contributed by atoms with Crippen molar-refractivity contribution < 1.29 is 9.47 Å². The number of para-hydroxylation sites is 2. The van der Waals surface area contributed by atoms with Gasteiger partial charge in [0, 0.05) is 0 Å². The average Bonchev–Trinajstić information content (AvgIpc) is 2.78. The average molecular weight is 379 g/mol. The van der Waals surface area contributed by atoms with Gasteiger partial charge in [0.2, 0.25) is 0 Å². The second-order valence-corrected chi connectivity index (χ2v) is 7.66. The number of anilines is 2. The molecule has 0 bridgehead atoms. The zero-order valence-corrected chi connectivity index (χ0v) is 16.3. The summed E-state index contributed by atoms with van der Waals surface area (Å²) in [6.45, 7) is 2.18. The summed E-state index contributed by atoms with van der Waals surface area (Å²) in [6, 6.07) is 21.4. The Labute approximate surface area is 170 Å². The molecule has 142 valence electrons. The third kappa shape index (κ3) is 2.51. The van der Waals surface area contributed by atoms with Gasteiger partial charge in [-0.25, -0.2) is 0 Å². The van der Waals surface area contributed by atoms with E-state index in [1.165, 1.54) is 11.1 Å². The van der Waals surface area contributed by atoms with Gasteiger partial charge in [0.25, 0.3) is 0 Å². The van der Waals surface area contributed by atoms with Gasteiger partial charge >= 0.3 is 0 Å². The van der Waals surface area contributed by atoms with Crippen molar-refractivity contribution in [1.29, 1.82) is 0 Å². The van der Waals surface area contributed by atoms with Crippen LogP contribution in [0.15, 0.2) is 84.7 Å². The largest absolute Gasteiger partial charge is 0.457 e. The monoisotopic (exact) mass is 379 g/mol. The number of fused-ring (bicyclic) bond motifs is 4. The first-order chi connectivity index (χ1) is 14.3. The third-order valence-electron chi connectivity index (χ3n) is 5.94. The van der Waals surface area contributed by atoms with Gasteiger partial charge in [-0.2, -0.15) is 0 Å². The number of ether oxygens (including phenoxy) is 2. The van der Waals surface area contributed by atoms with Crippen LogP contribution in [-0.4, -0.2) is 6.04 Å². The second-order valence-electron chi connectivity index (χ2n) is 7.66. The van der Waals surface area contributed by atoms with Crippen LogP contribution >= 0.6 is 0 Å². The maximum absolute atomic E-state index is 6.39. The molecule has 6 rings (SSSR count). The van der Waals surface area contributed by atoms with Crippen LogP contribution in [0.5, 0.6) is 17.2 Å². The van der Waals surface area contributed by atoms with Gasteiger partial charge in [0.1, 0.15) is 11.4 Å². The van der Waals surface area contributed by atoms with Crippen LogP contribution in [0.3, 0.4) is 0 Å². The van der Waals surface area contributed by atoms with E-state index in [0.29, 0.717) is 0 Å². The lowest BCUT2D eigenvalue weighted by Gasteiger charge is -2.43. The molecule has 0 spiro atoms. The Bertz CT molecular complexity index is 1170. The van der Waals surface area contributed by atoms with Gasteiger partial charge in [-0.3, -0.25) is 0 Å². The van der Waals surface area contributed by atoms with Crippen LogP contribution in [0.4, 0.5) is 11.4 Å². The molecule has 0 saturated heterocycles. The van der Waals surface area contributed by atoms with Crippen molar-refractivity contribution in [2.24, 2.45) is 0 Å². The zero-order valence-electron chi connectivity index (χ0n) is 16.3. The minimum absolute atomic E-state index is 0.158. The molecule has 2 heterocycles. The van der Waals surface area contributed by atoms with Gasteiger partial charge < -0.3 is 14.4 Å². The Balaban J connectivity index is 1.55. The topological polar surface area (TPSA) is 21.7 Å². The number of hydrogen-bond acceptors (Lipinski definition) is 3. The van der Waals surface area contributed by atoms with Crippen LogP contribution in [0.25, 0.3) is 11.1 Å². The number of benzene rings is 3. The molecule has 0 fully saturated rings. The van der Waals surface area contributed by atoms with E-state index in [0.717, 1.165) is 52.8 Å². The highest BCUT2D eigenvalue weighted by Crippen LogP contribution is 2.57. The summed E-state index contributed by atoms with van der Waals surface area (Å²) in [5.41, 5.74) is 5.72. The third-order valence-corrected chi connectivity index (χ3v) is 5.94. The standard InChI is InChI=1S/C26H21NO2/c1-2-17-11-13-18(14-12-17)19-15-24-26-25(16-19)29-23-10-6-4-8-21(23)27(26)20-7-3-5-9-22(20)28-24/h3-7,9-16,21H,2,8H2,1H3. The predicted octanol–water partition coefficient (Wildman–Crippen LogP) is 6.76. The molecule has 3 aromatic rings. The van der Waals surface area contributed by atoms with Crippen molar-refractivity contribution in [2.75, 3.05) is 4.90 Å². The van der Waals surface area contributed by atoms with Gasteiger partial charge in [-0.05, 0) is 59.9 Å². The highest BCUT2D eigenvalue weighted by Gasteiger charge is 2.39. The lowest BCUT2D eigenvalue weighted by atomic mass is 9.96. The van der Waals surface area contributed by atoms with Crippen molar-refractivity contribution in [3.05, 3.63) is 90.2 Å². The summed E-state index contributed by atoms with van der Waals surface area (Å²) >= 11 is 0. The molecule has 1 aliphatic carbocycles. The number of rotatable bonds is 2. The van der Waals surface area contributed by atoms with Crippen LogP contribution in [-0.2, 0) is 6.42 Å². The van der Waals surface area contributed by atoms with E-state index in [1.807, 2.05) is 12.1 Å². The highest BCUT2D eigenvalue weighted by molar-refractivity contribution is 5.88. The summed E-state index contributed by atoms with van der Waals surface area (Å²) in [6.07, 6.45) is 8.31. The van der Waals surface area contributed by atoms with E-state index in [4.69, 9.17) is 9.47 Å². The van der Waals surface area contributed by atoms with Gasteiger partial charge in [0.15, 0.2) is 17.2 Å². The van der Waals surface area contributed by atoms with Crippen molar-refractivity contribution in [3.8, 4) is 28.4 Å². The van der Waals surface area contributed by atoms with E-state index in [2.05, 4.69) is 78.6 Å². The Morgan fingerprint density at radius 2 is 1.69 bits per heavy atom. The summed E-state index contributed by atoms with van der Waals surface area (Å²) in [7, 11) is 0. The molecule has 0 saturated carbocycles. The van der Waals surface area contributed by atoms with Crippen LogP contribution in [0.1, 0.15) is 18.9 Å². The maximum atomic E-state index is 6.39. The Morgan fingerprint density at radius 1 is 0.897 bits per heavy atom. The SMILES string of the molecule is CCc1ccc(-c2cc3c4c(c2)Oc2ccccc2N4C2CC=CC=C2O3)cc1. The molecule has 3 aromatic carbocycles. The Morgan fingerprint density at radius 3 is 2.52 bits per heavy atom. The summed E-state index contributed by atoms with van der Waals surface area (Å²) in [4.78, 5) is 2.38. The fraction of sp³-hybridized carbons (Fsp3) is 0.154. The van der Waals surface area contributed by atoms with Crippen molar-refractivity contribution in [1.82, 2.24) is 0 Å². The maximum Gasteiger partial charge on any atom is 0.155 e. The van der Waals surface area contributed by atoms with E-state index in [9.17, 15) is 0 Å². The van der Waals surface area contributed by atoms with Crippen LogP contribution in [0, 0.1) is 0 Å². The first kappa shape index (κ1) is 16.5. The minimum atomic E-state index is 0.158. The molecule has 0 N–H and O–H groups in total. The van der Waals surface area contributed by atoms with Crippen LogP contribution < -0.4 is 14.4 Å². The number of allylic oxidation sites excluding steroid dienone is 2. The molecule has 0 amide bonds. The molecule has 2 aliphatic heterocycles. The summed E-state index contributed by atoms with van der Waals surface area (Å²) in [5, 5.41) is 0. The van der Waals surface area contributed by atoms with E-state index in [-0.39, 0.29) is 6.04 Å². The molecular formula is C26H21NO2. The normalized spacial score (nSPS) is 18.0. The number of aryl methyl sites for hydroxylation is 1. The summed E-state index contributed by atoms with van der Waals surface area (Å²) < 4.78 is 12.7. The first-order valence-electron chi connectivity index (χ1n) is 10.2. The van der Waals surface area contributed by atoms with E-state index >= 15 is 0 Å². The van der Waals surface area contributed by atoms with Gasteiger partial charge in [0.05, 0.1) is 11.7 Å². The van der Waals surface area contributed by atoms with Crippen LogP contribution in [0.2, 0.25) is 0 Å². The Kier molecular flexibility index (Phi) is 3.57. The number of hydrogen-bond donors (Lipinski definition) is 0. The molecule has 3 aliphatic rings. The quantitative estimate of drug-likeness (QED) is 0.491. The van der Waals surface area contributed by atoms with Gasteiger partial charge in [-0.15, -0.1) is 0 Å². The smallest absolute Gasteiger partial charge is 0.155 e. The highest BCUT2D eigenvalue weighted by atomic mass is 16.5. The first-order valence-corrected chi connectivity index (χ1v) is 10.2. The molecule has 0 aromatic heterocycles. The number of nitrogens with zero attached hydrogens (tertiary/aromatic N) is 1. The molecule has 3 nitrogen and oxygen atoms in total. The fourth-order valence-corrected chi connectivity index (χ4v) is 4.44. The fourth-order valence-electron chi connectivity index (χ4n) is 4.44. The Hall–Kier alpha value is -3.46. The van der Waals surface area contributed by atoms with Crippen molar-refractivity contribution in [2.45, 2.75) is 25.8 Å². The lowest BCUT2D eigenvalue weighted by molar-refractivity contribution is 0.348. The predicted molar refractivity (Wildman–Crippen MR) is 116 cm³/mol. The molecule has 1 unspecified atom stereocenters. The molecule has 1 atom stereocenters. The molecular weight excluding hydrogens is 358 g/mol. The summed E-state index contributed by atoms with van der Waals surface area (Å²) in [5.74, 6) is 3.58. The second kappa shape index (κ2) is 6.28. The zero-order chi connectivity index (χ0) is 19.4. The van der Waals surface area contributed by atoms with Crippen molar-refractivity contribution >= 4 is 11.4 Å². The van der Waals surface area contributed by atoms with Crippen molar-refractivity contribution in [3.63, 3.8) is 0 Å². The van der Waals surface area contributed by atoms with E-state index < -0.39 is 0 Å². The lowest BCUT2D eigenvalue weighted by Crippen LogP contribution is -2.40. The van der Waals surface area contributed by atoms with E-state index in [1.54, 1.807) is 0 Å². The minimum Gasteiger partial charge on any atom is -0.457 e. The molecule has 0 radical (unpaired) electrons. The van der Waals surface area contributed by atoms with Gasteiger partial charge in [-0.1, -0.05) is 55.5 Å². The molecule has 3 heteroatoms.